The van der Waals surface area contributed by atoms with E-state index in [2.05, 4.69) is 21.2 Å². The maximum atomic E-state index is 12.9. The Morgan fingerprint density at radius 1 is 1.23 bits per heavy atom. The van der Waals surface area contributed by atoms with E-state index in [-0.39, 0.29) is 12.3 Å². The number of amides is 3. The number of aryl methyl sites for hydroxylation is 1. The van der Waals surface area contributed by atoms with Gasteiger partial charge in [0.2, 0.25) is 0 Å². The topological polar surface area (TPSA) is 71.4 Å². The number of benzene rings is 1. The lowest BCUT2D eigenvalue weighted by molar-refractivity contribution is -0.130. The van der Waals surface area contributed by atoms with Crippen molar-refractivity contribution in [3.63, 3.8) is 0 Å². The summed E-state index contributed by atoms with van der Waals surface area (Å²) in [6, 6.07) is 8.43. The average Bonchev–Trinajstić information content (AvgIpc) is 2.97. The van der Waals surface area contributed by atoms with Crippen molar-refractivity contribution in [3.05, 3.63) is 57.3 Å². The summed E-state index contributed by atoms with van der Waals surface area (Å²) in [5, 5.41) is 2.72. The Balaban J connectivity index is 1.88. The first-order valence-corrected chi connectivity index (χ1v) is 9.00. The zero-order valence-electron chi connectivity index (χ0n) is 15.1. The number of hydrogen-bond acceptors (Lipinski definition) is 3. The van der Waals surface area contributed by atoms with Crippen LogP contribution in [-0.2, 0) is 17.4 Å². The van der Waals surface area contributed by atoms with Crippen LogP contribution >= 0.6 is 15.9 Å². The fraction of sp³-hybridized carbons (Fsp3) is 0.316. The molecule has 136 valence electrons. The number of nitrogens with one attached hydrogen (secondary N) is 1. The number of aromatic nitrogens is 1. The Morgan fingerprint density at radius 3 is 2.50 bits per heavy atom. The molecule has 7 heteroatoms. The third-order valence-electron chi connectivity index (χ3n) is 5.05. The Morgan fingerprint density at radius 2 is 1.92 bits per heavy atom. The highest BCUT2D eigenvalue weighted by molar-refractivity contribution is 9.10. The molecule has 0 radical (unpaired) electrons. The van der Waals surface area contributed by atoms with Crippen molar-refractivity contribution in [2.45, 2.75) is 26.3 Å². The molecular formula is C19H20BrN3O3. The summed E-state index contributed by atoms with van der Waals surface area (Å²) >= 11 is 3.38. The van der Waals surface area contributed by atoms with Crippen molar-refractivity contribution in [1.29, 1.82) is 0 Å². The number of carbonyl (C=O) groups excluding carboxylic acids is 3. The molecule has 0 aliphatic carbocycles. The molecule has 3 amide bonds. The minimum Gasteiger partial charge on any atom is -0.351 e. The monoisotopic (exact) mass is 417 g/mol. The van der Waals surface area contributed by atoms with Crippen LogP contribution in [0.1, 0.15) is 34.2 Å². The summed E-state index contributed by atoms with van der Waals surface area (Å²) in [5.74, 6) is -0.688. The van der Waals surface area contributed by atoms with Crippen molar-refractivity contribution in [2.75, 3.05) is 6.54 Å². The van der Waals surface area contributed by atoms with Gasteiger partial charge in [-0.15, -0.1) is 0 Å². The molecule has 1 aromatic heterocycles. The van der Waals surface area contributed by atoms with E-state index in [9.17, 15) is 14.4 Å². The van der Waals surface area contributed by atoms with E-state index in [1.54, 1.807) is 31.2 Å². The molecule has 0 saturated carbocycles. The molecule has 1 saturated heterocycles. The molecule has 2 heterocycles. The quantitative estimate of drug-likeness (QED) is 0.613. The molecule has 0 unspecified atom stereocenters. The van der Waals surface area contributed by atoms with E-state index in [1.165, 1.54) is 0 Å². The second kappa shape index (κ2) is 6.39. The van der Waals surface area contributed by atoms with Gasteiger partial charge in [-0.05, 0) is 44.5 Å². The van der Waals surface area contributed by atoms with Crippen LogP contribution in [-0.4, -0.2) is 33.7 Å². The first-order chi connectivity index (χ1) is 12.1. The van der Waals surface area contributed by atoms with Crippen LogP contribution in [0.5, 0.6) is 0 Å². The standard InChI is InChI=1S/C19H20BrN3O3/c1-11-8-15(12(2)22(11)4)16(24)10-23-17(25)19(3,21-18(23)26)13-6-5-7-14(20)9-13/h5-9H,10H2,1-4H3,(H,21,26)/t19-/m1/s1. The Kier molecular flexibility index (Phi) is 4.52. The van der Waals surface area contributed by atoms with Crippen LogP contribution < -0.4 is 5.32 Å². The van der Waals surface area contributed by atoms with Gasteiger partial charge in [-0.2, -0.15) is 0 Å². The average molecular weight is 418 g/mol. The normalized spacial score (nSPS) is 19.8. The fourth-order valence-corrected chi connectivity index (χ4v) is 3.60. The Labute approximate surface area is 160 Å². The van der Waals surface area contributed by atoms with Crippen LogP contribution in [0.2, 0.25) is 0 Å². The third-order valence-corrected chi connectivity index (χ3v) is 5.55. The van der Waals surface area contributed by atoms with Gasteiger partial charge >= 0.3 is 6.03 Å². The van der Waals surface area contributed by atoms with Crippen molar-refractivity contribution in [2.24, 2.45) is 7.05 Å². The van der Waals surface area contributed by atoms with E-state index >= 15 is 0 Å². The van der Waals surface area contributed by atoms with Crippen LogP contribution in [0.25, 0.3) is 0 Å². The maximum Gasteiger partial charge on any atom is 0.325 e. The van der Waals surface area contributed by atoms with E-state index in [4.69, 9.17) is 0 Å². The summed E-state index contributed by atoms with van der Waals surface area (Å²) in [7, 11) is 1.87. The number of ketones is 1. The van der Waals surface area contributed by atoms with Gasteiger partial charge in [0.25, 0.3) is 5.91 Å². The molecule has 1 aromatic carbocycles. The Bertz CT molecular complexity index is 934. The van der Waals surface area contributed by atoms with Crippen LogP contribution in [0.15, 0.2) is 34.8 Å². The molecule has 1 N–H and O–H groups in total. The highest BCUT2D eigenvalue weighted by atomic mass is 79.9. The summed E-state index contributed by atoms with van der Waals surface area (Å²) in [6.07, 6.45) is 0. The lowest BCUT2D eigenvalue weighted by Crippen LogP contribution is -2.41. The molecule has 0 bridgehead atoms. The van der Waals surface area contributed by atoms with Gasteiger partial charge in [0.1, 0.15) is 5.54 Å². The van der Waals surface area contributed by atoms with Crippen molar-refractivity contribution >= 4 is 33.7 Å². The van der Waals surface area contributed by atoms with Gasteiger partial charge in [-0.3, -0.25) is 14.5 Å². The van der Waals surface area contributed by atoms with Gasteiger partial charge in [0, 0.05) is 28.5 Å². The smallest absolute Gasteiger partial charge is 0.325 e. The van der Waals surface area contributed by atoms with E-state index in [0.717, 1.165) is 20.8 Å². The van der Waals surface area contributed by atoms with E-state index < -0.39 is 17.5 Å². The molecule has 1 aliphatic heterocycles. The number of hydrogen-bond donors (Lipinski definition) is 1. The minimum absolute atomic E-state index is 0.256. The third kappa shape index (κ3) is 2.86. The number of Topliss-reactive ketones (excluding diaryl/α,β-unsaturated/α-hetero) is 1. The van der Waals surface area contributed by atoms with Crippen LogP contribution in [0.4, 0.5) is 4.79 Å². The predicted molar refractivity (Wildman–Crippen MR) is 101 cm³/mol. The lowest BCUT2D eigenvalue weighted by atomic mass is 9.92. The molecule has 3 rings (SSSR count). The van der Waals surface area contributed by atoms with Gasteiger partial charge in [0.05, 0.1) is 6.54 Å². The molecule has 6 nitrogen and oxygen atoms in total. The number of nitrogens with zero attached hydrogens (tertiary/aromatic N) is 2. The number of rotatable bonds is 4. The summed E-state index contributed by atoms with van der Waals surface area (Å²) in [6.45, 7) is 5.12. The zero-order chi connectivity index (χ0) is 19.2. The Hall–Kier alpha value is -2.41. The van der Waals surface area contributed by atoms with Crippen LogP contribution in [0, 0.1) is 13.8 Å². The van der Waals surface area contributed by atoms with Gasteiger partial charge in [-0.25, -0.2) is 4.79 Å². The molecule has 26 heavy (non-hydrogen) atoms. The van der Waals surface area contributed by atoms with Crippen LogP contribution in [0.3, 0.4) is 0 Å². The van der Waals surface area contributed by atoms with Gasteiger partial charge in [-0.1, -0.05) is 28.1 Å². The maximum absolute atomic E-state index is 12.9. The van der Waals surface area contributed by atoms with Crippen molar-refractivity contribution < 1.29 is 14.4 Å². The van der Waals surface area contributed by atoms with Gasteiger partial charge < -0.3 is 9.88 Å². The molecule has 1 fully saturated rings. The van der Waals surface area contributed by atoms with Crippen molar-refractivity contribution in [3.8, 4) is 0 Å². The molecule has 1 aliphatic rings. The SMILES string of the molecule is Cc1cc(C(=O)CN2C(=O)N[C@](C)(c3cccc(Br)c3)C2=O)c(C)n1C. The van der Waals surface area contributed by atoms with Crippen molar-refractivity contribution in [1.82, 2.24) is 14.8 Å². The molecule has 1 atom stereocenters. The number of carbonyl (C=O) groups is 3. The second-order valence-electron chi connectivity index (χ2n) is 6.72. The summed E-state index contributed by atoms with van der Waals surface area (Å²) in [5.41, 5.74) is 1.76. The lowest BCUT2D eigenvalue weighted by Gasteiger charge is -2.22. The largest absolute Gasteiger partial charge is 0.351 e. The molecule has 0 spiro atoms. The molecule has 2 aromatic rings. The predicted octanol–water partition coefficient (Wildman–Crippen LogP) is 3.05. The first-order valence-electron chi connectivity index (χ1n) is 8.21. The fourth-order valence-electron chi connectivity index (χ4n) is 3.20. The van der Waals surface area contributed by atoms with E-state index in [0.29, 0.717) is 11.1 Å². The molecular weight excluding hydrogens is 398 g/mol. The minimum atomic E-state index is -1.19. The first kappa shape index (κ1) is 18.4. The van der Waals surface area contributed by atoms with Gasteiger partial charge in [0.15, 0.2) is 5.78 Å². The number of halogens is 1. The zero-order valence-corrected chi connectivity index (χ0v) is 16.7. The van der Waals surface area contributed by atoms with E-state index in [1.807, 2.05) is 31.5 Å². The summed E-state index contributed by atoms with van der Waals surface area (Å²) < 4.78 is 2.72. The number of urea groups is 1. The highest BCUT2D eigenvalue weighted by Gasteiger charge is 2.49. The summed E-state index contributed by atoms with van der Waals surface area (Å²) in [4.78, 5) is 39.0. The second-order valence-corrected chi connectivity index (χ2v) is 7.64. The highest BCUT2D eigenvalue weighted by Crippen LogP contribution is 2.30. The number of imide groups is 1.